The smallest absolute Gasteiger partial charge is 0.136 e. The summed E-state index contributed by atoms with van der Waals surface area (Å²) in [6, 6.07) is 11.3. The second kappa shape index (κ2) is 6.48. The van der Waals surface area contributed by atoms with Gasteiger partial charge in [0.25, 0.3) is 0 Å². The number of fused-ring (bicyclic) bond motifs is 1. The molecular weight excluding hydrogens is 298 g/mol. The van der Waals surface area contributed by atoms with Gasteiger partial charge in [0.15, 0.2) is 0 Å². The highest BCUT2D eigenvalue weighted by Crippen LogP contribution is 2.16. The molecule has 0 fully saturated rings. The molecule has 0 amide bonds. The maximum absolute atomic E-state index is 10.2. The van der Waals surface area contributed by atoms with Gasteiger partial charge in [-0.1, -0.05) is 29.8 Å². The van der Waals surface area contributed by atoms with Crippen molar-refractivity contribution < 1.29 is 5.11 Å². The summed E-state index contributed by atoms with van der Waals surface area (Å²) in [6.45, 7) is 3.18. The number of pyridine rings is 1. The molecule has 2 aromatic heterocycles. The molecule has 0 spiro atoms. The molecule has 1 unspecified atom stereocenters. The van der Waals surface area contributed by atoms with Crippen LogP contribution < -0.4 is 5.32 Å². The average Bonchev–Trinajstić information content (AvgIpc) is 2.90. The summed E-state index contributed by atoms with van der Waals surface area (Å²) in [7, 11) is 0. The number of halogens is 1. The normalized spacial score (nSPS) is 12.7. The van der Waals surface area contributed by atoms with Gasteiger partial charge in [-0.2, -0.15) is 0 Å². The maximum atomic E-state index is 10.2. The summed E-state index contributed by atoms with van der Waals surface area (Å²) in [5.74, 6) is 0. The molecule has 3 aromatic rings. The monoisotopic (exact) mass is 315 g/mol. The Balaban J connectivity index is 1.62. The van der Waals surface area contributed by atoms with E-state index in [1.165, 1.54) is 5.56 Å². The third kappa shape index (κ3) is 3.30. The molecule has 2 N–H and O–H groups in total. The van der Waals surface area contributed by atoms with Gasteiger partial charge in [0, 0.05) is 24.3 Å². The minimum Gasteiger partial charge on any atom is -0.387 e. The lowest BCUT2D eigenvalue weighted by Gasteiger charge is -2.12. The van der Waals surface area contributed by atoms with Crippen molar-refractivity contribution >= 4 is 17.2 Å². The van der Waals surface area contributed by atoms with Crippen molar-refractivity contribution in [1.29, 1.82) is 0 Å². The first-order valence-electron chi connectivity index (χ1n) is 7.20. The van der Waals surface area contributed by atoms with Gasteiger partial charge in [0.1, 0.15) is 5.65 Å². The number of aliphatic hydroxyl groups is 1. The van der Waals surface area contributed by atoms with Crippen LogP contribution in [0, 0.1) is 6.92 Å². The highest BCUT2D eigenvalue weighted by molar-refractivity contribution is 6.30. The number of imidazole rings is 1. The molecule has 0 aliphatic heterocycles. The first kappa shape index (κ1) is 15.0. The van der Waals surface area contributed by atoms with Gasteiger partial charge in [-0.05, 0) is 36.2 Å². The Bertz CT molecular complexity index is 767. The summed E-state index contributed by atoms with van der Waals surface area (Å²) in [5.41, 5.74) is 4.04. The van der Waals surface area contributed by atoms with E-state index in [2.05, 4.69) is 27.8 Å². The molecule has 5 heteroatoms. The lowest BCUT2D eigenvalue weighted by atomic mass is 10.1. The molecule has 0 aliphatic carbocycles. The molecule has 22 heavy (non-hydrogen) atoms. The number of benzene rings is 1. The lowest BCUT2D eigenvalue weighted by Crippen LogP contribution is -2.21. The number of aromatic nitrogens is 2. The SMILES string of the molecule is Cc1ccc2ncc(CNCC(O)c3ccc(Cl)cc3)n2c1. The average molecular weight is 316 g/mol. The van der Waals surface area contributed by atoms with Gasteiger partial charge < -0.3 is 14.8 Å². The first-order chi connectivity index (χ1) is 10.6. The fourth-order valence-corrected chi connectivity index (χ4v) is 2.53. The van der Waals surface area contributed by atoms with Crippen LogP contribution >= 0.6 is 11.6 Å². The van der Waals surface area contributed by atoms with Crippen LogP contribution in [0.4, 0.5) is 0 Å². The van der Waals surface area contributed by atoms with E-state index < -0.39 is 6.10 Å². The second-order valence-corrected chi connectivity index (χ2v) is 5.82. The van der Waals surface area contributed by atoms with Crippen molar-refractivity contribution in [2.45, 2.75) is 19.6 Å². The molecule has 0 saturated carbocycles. The summed E-state index contributed by atoms with van der Waals surface area (Å²) >= 11 is 5.85. The molecule has 0 aliphatic rings. The van der Waals surface area contributed by atoms with E-state index in [9.17, 15) is 5.11 Å². The van der Waals surface area contributed by atoms with Crippen molar-refractivity contribution in [2.75, 3.05) is 6.54 Å². The number of hydrogen-bond donors (Lipinski definition) is 2. The minimum atomic E-state index is -0.557. The zero-order valence-corrected chi connectivity index (χ0v) is 13.1. The van der Waals surface area contributed by atoms with E-state index in [1.807, 2.05) is 30.5 Å². The van der Waals surface area contributed by atoms with Crippen molar-refractivity contribution in [3.63, 3.8) is 0 Å². The van der Waals surface area contributed by atoms with Crippen LogP contribution in [0.1, 0.15) is 22.9 Å². The van der Waals surface area contributed by atoms with Crippen LogP contribution in [-0.2, 0) is 6.54 Å². The second-order valence-electron chi connectivity index (χ2n) is 5.38. The quantitative estimate of drug-likeness (QED) is 0.760. The Kier molecular flexibility index (Phi) is 4.43. The van der Waals surface area contributed by atoms with Gasteiger partial charge >= 0.3 is 0 Å². The van der Waals surface area contributed by atoms with Crippen LogP contribution in [0.15, 0.2) is 48.8 Å². The van der Waals surface area contributed by atoms with E-state index in [0.717, 1.165) is 16.9 Å². The summed E-state index contributed by atoms with van der Waals surface area (Å²) in [5, 5.41) is 14.1. The van der Waals surface area contributed by atoms with Crippen LogP contribution in [0.25, 0.3) is 5.65 Å². The Labute approximate surface area is 134 Å². The first-order valence-corrected chi connectivity index (χ1v) is 7.58. The van der Waals surface area contributed by atoms with Crippen molar-refractivity contribution in [3.8, 4) is 0 Å². The Morgan fingerprint density at radius 2 is 2.00 bits per heavy atom. The molecule has 0 bridgehead atoms. The molecule has 0 radical (unpaired) electrons. The van der Waals surface area contributed by atoms with E-state index in [0.29, 0.717) is 18.1 Å². The van der Waals surface area contributed by atoms with E-state index in [-0.39, 0.29) is 0 Å². The van der Waals surface area contributed by atoms with Crippen molar-refractivity contribution in [3.05, 3.63) is 70.6 Å². The standard InChI is InChI=1S/C17H18ClN3O/c1-12-2-7-17-20-9-15(21(17)11-12)8-19-10-16(22)13-3-5-14(18)6-4-13/h2-7,9,11,16,19,22H,8,10H2,1H3. The zero-order chi connectivity index (χ0) is 15.5. The van der Waals surface area contributed by atoms with Gasteiger partial charge in [-0.15, -0.1) is 0 Å². The van der Waals surface area contributed by atoms with Crippen LogP contribution in [0.3, 0.4) is 0 Å². The largest absolute Gasteiger partial charge is 0.387 e. The van der Waals surface area contributed by atoms with E-state index in [1.54, 1.807) is 12.1 Å². The maximum Gasteiger partial charge on any atom is 0.136 e. The Hall–Kier alpha value is -1.88. The van der Waals surface area contributed by atoms with E-state index >= 15 is 0 Å². The summed E-state index contributed by atoms with van der Waals surface area (Å²) in [4.78, 5) is 4.37. The van der Waals surface area contributed by atoms with Crippen molar-refractivity contribution in [2.24, 2.45) is 0 Å². The number of hydrogen-bond acceptors (Lipinski definition) is 3. The molecule has 2 heterocycles. The third-order valence-electron chi connectivity index (χ3n) is 3.63. The fraction of sp³-hybridized carbons (Fsp3) is 0.235. The van der Waals surface area contributed by atoms with Crippen LogP contribution in [-0.4, -0.2) is 21.0 Å². The summed E-state index contributed by atoms with van der Waals surface area (Å²) in [6.07, 6.45) is 3.36. The number of nitrogens with zero attached hydrogens (tertiary/aromatic N) is 2. The fourth-order valence-electron chi connectivity index (χ4n) is 2.41. The topological polar surface area (TPSA) is 49.6 Å². The van der Waals surface area contributed by atoms with Crippen molar-refractivity contribution in [1.82, 2.24) is 14.7 Å². The van der Waals surface area contributed by atoms with Gasteiger partial charge in [0.2, 0.25) is 0 Å². The van der Waals surface area contributed by atoms with Crippen LogP contribution in [0.5, 0.6) is 0 Å². The van der Waals surface area contributed by atoms with Gasteiger partial charge in [0.05, 0.1) is 18.0 Å². The minimum absolute atomic E-state index is 0.473. The Morgan fingerprint density at radius 3 is 2.77 bits per heavy atom. The predicted octanol–water partition coefficient (Wildman–Crippen LogP) is 3.12. The van der Waals surface area contributed by atoms with Crippen LogP contribution in [0.2, 0.25) is 5.02 Å². The number of rotatable bonds is 5. The van der Waals surface area contributed by atoms with E-state index in [4.69, 9.17) is 11.6 Å². The molecule has 0 saturated heterocycles. The highest BCUT2D eigenvalue weighted by atomic mass is 35.5. The molecule has 1 atom stereocenters. The number of aliphatic hydroxyl groups excluding tert-OH is 1. The lowest BCUT2D eigenvalue weighted by molar-refractivity contribution is 0.174. The summed E-state index contributed by atoms with van der Waals surface area (Å²) < 4.78 is 2.07. The zero-order valence-electron chi connectivity index (χ0n) is 12.3. The molecule has 3 rings (SSSR count). The van der Waals surface area contributed by atoms with Gasteiger partial charge in [-0.25, -0.2) is 4.98 Å². The molecule has 1 aromatic carbocycles. The molecule has 4 nitrogen and oxygen atoms in total. The highest BCUT2D eigenvalue weighted by Gasteiger charge is 2.08. The predicted molar refractivity (Wildman–Crippen MR) is 88.0 cm³/mol. The number of aryl methyl sites for hydroxylation is 1. The Morgan fingerprint density at radius 1 is 1.23 bits per heavy atom. The van der Waals surface area contributed by atoms with Gasteiger partial charge in [-0.3, -0.25) is 0 Å². The molecule has 114 valence electrons. The third-order valence-corrected chi connectivity index (χ3v) is 3.88. The number of nitrogens with one attached hydrogen (secondary N) is 1. The molecular formula is C17H18ClN3O.